The van der Waals surface area contributed by atoms with Gasteiger partial charge >= 0.3 is 0 Å². The van der Waals surface area contributed by atoms with E-state index in [-0.39, 0.29) is 18.6 Å². The van der Waals surface area contributed by atoms with Gasteiger partial charge in [-0.3, -0.25) is 9.78 Å². The Bertz CT molecular complexity index is 641. The zero-order valence-corrected chi connectivity index (χ0v) is 11.8. The molecule has 0 radical (unpaired) electrons. The average Bonchev–Trinajstić information content (AvgIpc) is 2.99. The van der Waals surface area contributed by atoms with Crippen LogP contribution in [-0.4, -0.2) is 22.6 Å². The smallest absolute Gasteiger partial charge is 0.253 e. The largest absolute Gasteiger partial charge is 0.384 e. The normalized spacial score (nSPS) is 11.3. The molecule has 0 spiro atoms. The van der Waals surface area contributed by atoms with Crippen molar-refractivity contribution in [3.63, 3.8) is 0 Å². The number of aliphatic hydroxyl groups excluding tert-OH is 1. The summed E-state index contributed by atoms with van der Waals surface area (Å²) in [6.45, 7) is 1.72. The van der Waals surface area contributed by atoms with Crippen LogP contribution in [0.1, 0.15) is 33.8 Å². The van der Waals surface area contributed by atoms with Gasteiger partial charge in [0.2, 0.25) is 0 Å². The topological polar surface area (TPSA) is 62.2 Å². The van der Waals surface area contributed by atoms with Crippen LogP contribution in [0.15, 0.2) is 36.0 Å². The first-order valence-electron chi connectivity index (χ1n) is 6.09. The molecule has 2 heterocycles. The Hall–Kier alpha value is -2.16. The molecule has 5 heteroatoms. The van der Waals surface area contributed by atoms with Crippen LogP contribution in [0.5, 0.6) is 0 Å². The van der Waals surface area contributed by atoms with Crippen molar-refractivity contribution in [2.45, 2.75) is 13.0 Å². The molecular weight excluding hydrogens is 272 g/mol. The van der Waals surface area contributed by atoms with Gasteiger partial charge in [-0.15, -0.1) is 11.3 Å². The molecule has 4 nitrogen and oxygen atoms in total. The number of thiophene rings is 1. The third-order valence-electron chi connectivity index (χ3n) is 2.63. The van der Waals surface area contributed by atoms with Crippen molar-refractivity contribution < 1.29 is 9.90 Å². The van der Waals surface area contributed by atoms with E-state index in [0.29, 0.717) is 11.1 Å². The minimum absolute atomic E-state index is 0.0466. The number of pyridine rings is 1. The van der Waals surface area contributed by atoms with E-state index >= 15 is 0 Å². The average molecular weight is 286 g/mol. The number of hydrogen-bond acceptors (Lipinski definition) is 4. The molecule has 0 aromatic carbocycles. The number of carbonyl (C=O) groups is 1. The zero-order valence-electron chi connectivity index (χ0n) is 11.0. The molecule has 0 saturated heterocycles. The van der Waals surface area contributed by atoms with Crippen molar-refractivity contribution in [2.75, 3.05) is 6.61 Å². The van der Waals surface area contributed by atoms with Crippen molar-refractivity contribution in [2.24, 2.45) is 0 Å². The maximum absolute atomic E-state index is 12.1. The minimum atomic E-state index is -0.216. The van der Waals surface area contributed by atoms with Crippen LogP contribution < -0.4 is 5.32 Å². The lowest BCUT2D eigenvalue weighted by atomic mass is 10.2. The maximum atomic E-state index is 12.1. The van der Waals surface area contributed by atoms with Gasteiger partial charge in [-0.25, -0.2) is 0 Å². The van der Waals surface area contributed by atoms with Gasteiger partial charge in [-0.2, -0.15) is 0 Å². The summed E-state index contributed by atoms with van der Waals surface area (Å²) in [4.78, 5) is 17.2. The molecular formula is C15H14N2O2S. The van der Waals surface area contributed by atoms with Gasteiger partial charge in [0.25, 0.3) is 5.91 Å². The van der Waals surface area contributed by atoms with Gasteiger partial charge in [-0.1, -0.05) is 17.9 Å². The number of nitrogens with zero attached hydrogens (tertiary/aromatic N) is 1. The molecule has 0 aliphatic rings. The molecule has 2 N–H and O–H groups in total. The Morgan fingerprint density at radius 3 is 3.10 bits per heavy atom. The Kier molecular flexibility index (Phi) is 4.88. The lowest BCUT2D eigenvalue weighted by Gasteiger charge is -2.12. The predicted molar refractivity (Wildman–Crippen MR) is 78.4 cm³/mol. The second-order valence-corrected chi connectivity index (χ2v) is 5.11. The third-order valence-corrected chi connectivity index (χ3v) is 3.68. The van der Waals surface area contributed by atoms with Crippen molar-refractivity contribution >= 4 is 17.2 Å². The van der Waals surface area contributed by atoms with Gasteiger partial charge < -0.3 is 10.4 Å². The summed E-state index contributed by atoms with van der Waals surface area (Å²) < 4.78 is 0. The molecule has 0 saturated carbocycles. The van der Waals surface area contributed by atoms with Crippen LogP contribution in [0.25, 0.3) is 0 Å². The van der Waals surface area contributed by atoms with Crippen LogP contribution in [0.4, 0.5) is 0 Å². The van der Waals surface area contributed by atoms with E-state index in [2.05, 4.69) is 22.1 Å². The molecule has 1 amide bonds. The van der Waals surface area contributed by atoms with Gasteiger partial charge in [0.15, 0.2) is 0 Å². The Labute approximate surface area is 121 Å². The highest BCUT2D eigenvalue weighted by Crippen LogP contribution is 2.18. The first kappa shape index (κ1) is 14.3. The monoisotopic (exact) mass is 286 g/mol. The van der Waals surface area contributed by atoms with Crippen molar-refractivity contribution in [1.29, 1.82) is 0 Å². The summed E-state index contributed by atoms with van der Waals surface area (Å²) in [7, 11) is 0. The molecule has 102 valence electrons. The SMILES string of the molecule is CC(NC(=O)c1cncc(C#CCO)c1)c1cccs1. The summed E-state index contributed by atoms with van der Waals surface area (Å²) in [6.07, 6.45) is 3.06. The molecule has 1 atom stereocenters. The molecule has 1 unspecified atom stereocenters. The zero-order chi connectivity index (χ0) is 14.4. The van der Waals surface area contributed by atoms with E-state index in [1.807, 2.05) is 24.4 Å². The first-order valence-corrected chi connectivity index (χ1v) is 6.97. The Balaban J connectivity index is 2.09. The molecule has 2 aromatic heterocycles. The lowest BCUT2D eigenvalue weighted by Crippen LogP contribution is -2.26. The highest BCUT2D eigenvalue weighted by molar-refractivity contribution is 7.10. The summed E-state index contributed by atoms with van der Waals surface area (Å²) in [5.74, 6) is 5.07. The van der Waals surface area contributed by atoms with Crippen LogP contribution in [0.2, 0.25) is 0 Å². The van der Waals surface area contributed by atoms with Crippen LogP contribution in [-0.2, 0) is 0 Å². The van der Waals surface area contributed by atoms with E-state index in [4.69, 9.17) is 5.11 Å². The fourth-order valence-corrected chi connectivity index (χ4v) is 2.40. The standard InChI is InChI=1S/C15H14N2O2S/c1-11(14-5-3-7-20-14)17-15(19)13-8-12(4-2-6-18)9-16-10-13/h3,5,7-11,18H,6H2,1H3,(H,17,19). The fourth-order valence-electron chi connectivity index (χ4n) is 1.66. The summed E-state index contributed by atoms with van der Waals surface area (Å²) >= 11 is 1.60. The van der Waals surface area contributed by atoms with E-state index in [1.54, 1.807) is 23.6 Å². The highest BCUT2D eigenvalue weighted by atomic mass is 32.1. The first-order chi connectivity index (χ1) is 9.70. The number of carbonyl (C=O) groups excluding carboxylic acids is 1. The van der Waals surface area contributed by atoms with Crippen LogP contribution in [0, 0.1) is 11.8 Å². The van der Waals surface area contributed by atoms with Crippen LogP contribution in [0.3, 0.4) is 0 Å². The summed E-state index contributed by atoms with van der Waals surface area (Å²) in [5.41, 5.74) is 1.06. The molecule has 2 rings (SSSR count). The quantitative estimate of drug-likeness (QED) is 0.848. The summed E-state index contributed by atoms with van der Waals surface area (Å²) in [5, 5.41) is 13.6. The molecule has 0 aliphatic carbocycles. The second-order valence-electron chi connectivity index (χ2n) is 4.13. The van der Waals surface area contributed by atoms with Crippen molar-refractivity contribution in [3.8, 4) is 11.8 Å². The Morgan fingerprint density at radius 2 is 2.40 bits per heavy atom. The van der Waals surface area contributed by atoms with Crippen LogP contribution >= 0.6 is 11.3 Å². The van der Waals surface area contributed by atoms with Crippen molar-refractivity contribution in [1.82, 2.24) is 10.3 Å². The minimum Gasteiger partial charge on any atom is -0.384 e. The van der Waals surface area contributed by atoms with Crippen molar-refractivity contribution in [3.05, 3.63) is 52.0 Å². The number of rotatable bonds is 3. The third kappa shape index (κ3) is 3.67. The number of hydrogen-bond donors (Lipinski definition) is 2. The highest BCUT2D eigenvalue weighted by Gasteiger charge is 2.12. The van der Waals surface area contributed by atoms with E-state index in [0.717, 1.165) is 4.88 Å². The van der Waals surface area contributed by atoms with Gasteiger partial charge in [0.05, 0.1) is 11.6 Å². The molecule has 20 heavy (non-hydrogen) atoms. The number of amides is 1. The van der Waals surface area contributed by atoms with E-state index in [9.17, 15) is 4.79 Å². The van der Waals surface area contributed by atoms with Gasteiger partial charge in [0.1, 0.15) is 6.61 Å². The predicted octanol–water partition coefficient (Wildman–Crippen LogP) is 1.98. The van der Waals surface area contributed by atoms with Gasteiger partial charge in [-0.05, 0) is 24.4 Å². The fraction of sp³-hybridized carbons (Fsp3) is 0.200. The van der Waals surface area contributed by atoms with E-state index < -0.39 is 0 Å². The Morgan fingerprint density at radius 1 is 1.55 bits per heavy atom. The lowest BCUT2D eigenvalue weighted by molar-refractivity contribution is 0.0940. The number of aromatic nitrogens is 1. The number of aliphatic hydroxyl groups is 1. The van der Waals surface area contributed by atoms with Gasteiger partial charge in [0, 0.05) is 22.8 Å². The number of nitrogens with one attached hydrogen (secondary N) is 1. The second kappa shape index (κ2) is 6.85. The maximum Gasteiger partial charge on any atom is 0.253 e. The molecule has 0 bridgehead atoms. The molecule has 2 aromatic rings. The molecule has 0 fully saturated rings. The molecule has 0 aliphatic heterocycles. The van der Waals surface area contributed by atoms with E-state index in [1.165, 1.54) is 6.20 Å². The summed E-state index contributed by atoms with van der Waals surface area (Å²) in [6, 6.07) is 5.55.